The minimum absolute atomic E-state index is 0.226. The smallest absolute Gasteiger partial charge is 0.338 e. The molecule has 1 aromatic carbocycles. The average molecular weight is 284 g/mol. The first kappa shape index (κ1) is 14.4. The SMILES string of the molecule is O=C(O)c1cc(C2(C(=O)O)CCCCC2)c(F)cc1F. The molecule has 0 atom stereocenters. The molecule has 0 saturated heterocycles. The fourth-order valence-electron chi connectivity index (χ4n) is 2.83. The van der Waals surface area contributed by atoms with Crippen molar-refractivity contribution in [1.82, 2.24) is 0 Å². The first-order chi connectivity index (χ1) is 9.38. The van der Waals surface area contributed by atoms with Crippen molar-refractivity contribution in [3.63, 3.8) is 0 Å². The van der Waals surface area contributed by atoms with Crippen molar-refractivity contribution >= 4 is 11.9 Å². The van der Waals surface area contributed by atoms with Gasteiger partial charge >= 0.3 is 11.9 Å². The summed E-state index contributed by atoms with van der Waals surface area (Å²) in [5.41, 5.74) is -2.39. The number of hydrogen-bond donors (Lipinski definition) is 2. The molecule has 2 N–H and O–H groups in total. The Morgan fingerprint density at radius 2 is 1.60 bits per heavy atom. The zero-order chi connectivity index (χ0) is 14.9. The Bertz CT molecular complexity index is 563. The van der Waals surface area contributed by atoms with Crippen LogP contribution >= 0.6 is 0 Å². The lowest BCUT2D eigenvalue weighted by atomic mass is 9.69. The van der Waals surface area contributed by atoms with Gasteiger partial charge in [-0.1, -0.05) is 19.3 Å². The van der Waals surface area contributed by atoms with Crippen molar-refractivity contribution in [3.05, 3.63) is 34.9 Å². The van der Waals surface area contributed by atoms with Crippen LogP contribution in [-0.2, 0) is 10.2 Å². The predicted octanol–water partition coefficient (Wildman–Crippen LogP) is 2.95. The van der Waals surface area contributed by atoms with Crippen molar-refractivity contribution in [2.45, 2.75) is 37.5 Å². The molecule has 0 heterocycles. The number of aromatic carboxylic acids is 1. The van der Waals surface area contributed by atoms with Crippen molar-refractivity contribution in [3.8, 4) is 0 Å². The quantitative estimate of drug-likeness (QED) is 0.894. The molecule has 1 aliphatic rings. The van der Waals surface area contributed by atoms with Gasteiger partial charge in [-0.25, -0.2) is 13.6 Å². The van der Waals surface area contributed by atoms with Gasteiger partial charge in [-0.3, -0.25) is 4.79 Å². The lowest BCUT2D eigenvalue weighted by Gasteiger charge is -2.34. The molecule has 1 aliphatic carbocycles. The van der Waals surface area contributed by atoms with Crippen molar-refractivity contribution in [1.29, 1.82) is 0 Å². The normalized spacial score (nSPS) is 17.7. The van der Waals surface area contributed by atoms with Crippen molar-refractivity contribution in [2.24, 2.45) is 0 Å². The van der Waals surface area contributed by atoms with Crippen LogP contribution in [0.5, 0.6) is 0 Å². The Morgan fingerprint density at radius 3 is 2.10 bits per heavy atom. The van der Waals surface area contributed by atoms with Crippen LogP contribution in [0.1, 0.15) is 48.0 Å². The first-order valence-electron chi connectivity index (χ1n) is 6.35. The number of hydrogen-bond acceptors (Lipinski definition) is 2. The lowest BCUT2D eigenvalue weighted by Crippen LogP contribution is -2.39. The van der Waals surface area contributed by atoms with Crippen LogP contribution in [0.25, 0.3) is 0 Å². The van der Waals surface area contributed by atoms with Gasteiger partial charge in [0.25, 0.3) is 0 Å². The molecule has 20 heavy (non-hydrogen) atoms. The van der Waals surface area contributed by atoms with Crippen LogP contribution in [0.3, 0.4) is 0 Å². The summed E-state index contributed by atoms with van der Waals surface area (Å²) < 4.78 is 27.4. The molecular weight excluding hydrogens is 270 g/mol. The second kappa shape index (κ2) is 5.19. The number of halogens is 2. The van der Waals surface area contributed by atoms with Crippen LogP contribution in [0.4, 0.5) is 8.78 Å². The number of carbonyl (C=O) groups is 2. The van der Waals surface area contributed by atoms with E-state index in [0.717, 1.165) is 12.5 Å². The molecule has 0 radical (unpaired) electrons. The molecule has 0 amide bonds. The standard InChI is InChI=1S/C14H14F2O4/c15-10-7-11(16)9(6-8(10)12(17)18)14(13(19)20)4-2-1-3-5-14/h6-7H,1-5H2,(H,17,18)(H,19,20). The van der Waals surface area contributed by atoms with Crippen molar-refractivity contribution < 1.29 is 28.6 Å². The van der Waals surface area contributed by atoms with E-state index in [-0.39, 0.29) is 18.4 Å². The Hall–Kier alpha value is -1.98. The molecule has 1 saturated carbocycles. The summed E-state index contributed by atoms with van der Waals surface area (Å²) in [5.74, 6) is -4.94. The van der Waals surface area contributed by atoms with Crippen LogP contribution < -0.4 is 0 Å². The third kappa shape index (κ3) is 2.26. The van der Waals surface area contributed by atoms with Crippen LogP contribution in [-0.4, -0.2) is 22.2 Å². The summed E-state index contributed by atoms with van der Waals surface area (Å²) in [6.45, 7) is 0. The van der Waals surface area contributed by atoms with Gasteiger partial charge in [0, 0.05) is 11.6 Å². The maximum absolute atomic E-state index is 14.0. The van der Waals surface area contributed by atoms with Crippen LogP contribution in [0.15, 0.2) is 12.1 Å². The minimum Gasteiger partial charge on any atom is -0.481 e. The van der Waals surface area contributed by atoms with Gasteiger partial charge in [-0.15, -0.1) is 0 Å². The molecule has 1 aromatic rings. The summed E-state index contributed by atoms with van der Waals surface area (Å²) in [6, 6.07) is 1.28. The van der Waals surface area contributed by atoms with E-state index in [1.807, 2.05) is 0 Å². The highest BCUT2D eigenvalue weighted by atomic mass is 19.1. The zero-order valence-corrected chi connectivity index (χ0v) is 10.7. The number of carboxylic acids is 2. The van der Waals surface area contributed by atoms with Gasteiger partial charge < -0.3 is 10.2 Å². The molecule has 0 aliphatic heterocycles. The summed E-state index contributed by atoms with van der Waals surface area (Å²) in [6.07, 6.45) is 2.54. The molecule has 0 unspecified atom stereocenters. The van der Waals surface area contributed by atoms with Crippen molar-refractivity contribution in [2.75, 3.05) is 0 Å². The maximum atomic E-state index is 14.0. The van der Waals surface area contributed by atoms with E-state index in [4.69, 9.17) is 5.11 Å². The van der Waals surface area contributed by atoms with Gasteiger partial charge in [0.1, 0.15) is 11.6 Å². The molecule has 0 spiro atoms. The van der Waals surface area contributed by atoms with E-state index in [0.29, 0.717) is 18.9 Å². The average Bonchev–Trinajstić information content (AvgIpc) is 2.38. The van der Waals surface area contributed by atoms with Gasteiger partial charge in [0.05, 0.1) is 11.0 Å². The van der Waals surface area contributed by atoms with E-state index in [9.17, 15) is 23.5 Å². The van der Waals surface area contributed by atoms with E-state index in [2.05, 4.69) is 0 Å². The molecule has 0 aromatic heterocycles. The van der Waals surface area contributed by atoms with E-state index in [1.165, 1.54) is 0 Å². The molecule has 4 nitrogen and oxygen atoms in total. The number of aliphatic carboxylic acids is 1. The van der Waals surface area contributed by atoms with Crippen LogP contribution in [0, 0.1) is 11.6 Å². The number of rotatable bonds is 3. The third-order valence-electron chi connectivity index (χ3n) is 3.92. The summed E-state index contributed by atoms with van der Waals surface area (Å²) in [7, 11) is 0. The second-order valence-corrected chi connectivity index (χ2v) is 5.06. The summed E-state index contributed by atoms with van der Waals surface area (Å²) in [5, 5.41) is 18.3. The minimum atomic E-state index is -1.54. The number of benzene rings is 1. The Kier molecular flexibility index (Phi) is 3.74. The molecule has 108 valence electrons. The topological polar surface area (TPSA) is 74.6 Å². The summed E-state index contributed by atoms with van der Waals surface area (Å²) >= 11 is 0. The van der Waals surface area contributed by atoms with Gasteiger partial charge in [0.15, 0.2) is 0 Å². The third-order valence-corrected chi connectivity index (χ3v) is 3.92. The highest BCUT2D eigenvalue weighted by Crippen LogP contribution is 2.41. The van der Waals surface area contributed by atoms with Crippen LogP contribution in [0.2, 0.25) is 0 Å². The molecule has 0 bridgehead atoms. The summed E-state index contributed by atoms with van der Waals surface area (Å²) in [4.78, 5) is 22.5. The van der Waals surface area contributed by atoms with E-state index in [1.54, 1.807) is 0 Å². The fourth-order valence-corrected chi connectivity index (χ4v) is 2.83. The molecule has 2 rings (SSSR count). The maximum Gasteiger partial charge on any atom is 0.338 e. The van der Waals surface area contributed by atoms with E-state index < -0.39 is 34.6 Å². The molecule has 6 heteroatoms. The highest BCUT2D eigenvalue weighted by Gasteiger charge is 2.43. The monoisotopic (exact) mass is 284 g/mol. The zero-order valence-electron chi connectivity index (χ0n) is 10.7. The Balaban J connectivity index is 2.62. The second-order valence-electron chi connectivity index (χ2n) is 5.06. The predicted molar refractivity (Wildman–Crippen MR) is 65.7 cm³/mol. The molecular formula is C14H14F2O4. The number of carboxylic acid groups (broad SMARTS) is 2. The Labute approximate surface area is 114 Å². The molecule has 1 fully saturated rings. The Morgan fingerprint density at radius 1 is 1.00 bits per heavy atom. The van der Waals surface area contributed by atoms with Gasteiger partial charge in [-0.2, -0.15) is 0 Å². The highest BCUT2D eigenvalue weighted by molar-refractivity contribution is 5.89. The van der Waals surface area contributed by atoms with Gasteiger partial charge in [0.2, 0.25) is 0 Å². The lowest BCUT2D eigenvalue weighted by molar-refractivity contribution is -0.145. The first-order valence-corrected chi connectivity index (χ1v) is 6.35. The largest absolute Gasteiger partial charge is 0.481 e. The van der Waals surface area contributed by atoms with E-state index >= 15 is 0 Å². The fraction of sp³-hybridized carbons (Fsp3) is 0.429. The van der Waals surface area contributed by atoms with Gasteiger partial charge in [-0.05, 0) is 18.9 Å².